The molecule has 1 atom stereocenters. The second kappa shape index (κ2) is 15.1. The molecule has 0 aliphatic rings. The molecule has 1 unspecified atom stereocenters. The van der Waals surface area contributed by atoms with Crippen LogP contribution in [0.2, 0.25) is 0 Å². The highest BCUT2D eigenvalue weighted by Crippen LogP contribution is 2.30. The molecule has 39 heavy (non-hydrogen) atoms. The summed E-state index contributed by atoms with van der Waals surface area (Å²) in [6, 6.07) is 7.98. The lowest BCUT2D eigenvalue weighted by atomic mass is 10.0. The Kier molecular flexibility index (Phi) is 12.6. The van der Waals surface area contributed by atoms with E-state index in [0.29, 0.717) is 18.0 Å². The topological polar surface area (TPSA) is 84.2 Å². The molecule has 2 rings (SSSR count). The number of benzene rings is 1. The van der Waals surface area contributed by atoms with Gasteiger partial charge in [-0.1, -0.05) is 70.4 Å². The van der Waals surface area contributed by atoms with Crippen molar-refractivity contribution in [2.45, 2.75) is 110 Å². The number of unbranched alkanes of at least 4 members (excludes halogenated alkanes) is 3. The second-order valence-corrected chi connectivity index (χ2v) is 12.9. The monoisotopic (exact) mass is 553 g/mol. The maximum absolute atomic E-state index is 13.3. The number of allylic oxidation sites excluding steroid dienone is 3. The lowest BCUT2D eigenvalue weighted by Gasteiger charge is -2.21. The minimum absolute atomic E-state index is 0.0492. The summed E-state index contributed by atoms with van der Waals surface area (Å²) in [5, 5.41) is 12.5. The van der Waals surface area contributed by atoms with E-state index in [1.54, 1.807) is 13.8 Å². The van der Waals surface area contributed by atoms with Crippen LogP contribution < -0.4 is 5.32 Å². The standard InChI is InChI=1S/C32H47N3O3S/c1-9-11-12-13-21-35-24(6)28(30(36)33-27-19-17-26(18-20-27)22(3)4)34-29(35)25(10-2)16-14-15-23(5)39-32(7,8)31(37)38/h10,14-15,17-20,22-23H,9,11-13,16,21H2,1-8H3,(H,33,36)(H,37,38)/b15-14-,25-10+. The van der Waals surface area contributed by atoms with Crippen LogP contribution >= 0.6 is 11.8 Å². The number of amides is 1. The van der Waals surface area contributed by atoms with Gasteiger partial charge in [-0.3, -0.25) is 9.59 Å². The number of hydrogen-bond acceptors (Lipinski definition) is 4. The predicted molar refractivity (Wildman–Crippen MR) is 166 cm³/mol. The first-order chi connectivity index (χ1) is 18.4. The van der Waals surface area contributed by atoms with Gasteiger partial charge in [0.25, 0.3) is 5.91 Å². The lowest BCUT2D eigenvalue weighted by molar-refractivity contribution is -0.138. The first-order valence-electron chi connectivity index (χ1n) is 14.1. The minimum Gasteiger partial charge on any atom is -0.480 e. The first kappa shape index (κ1) is 32.4. The van der Waals surface area contributed by atoms with Crippen LogP contribution in [-0.2, 0) is 11.3 Å². The Balaban J connectivity index is 2.28. The van der Waals surface area contributed by atoms with Crippen molar-refractivity contribution in [2.24, 2.45) is 0 Å². The first-order valence-corrected chi connectivity index (χ1v) is 15.0. The van der Waals surface area contributed by atoms with Gasteiger partial charge >= 0.3 is 5.97 Å². The van der Waals surface area contributed by atoms with Crippen LogP contribution in [0.4, 0.5) is 5.69 Å². The molecular weight excluding hydrogens is 506 g/mol. The predicted octanol–water partition coefficient (Wildman–Crippen LogP) is 8.48. The Morgan fingerprint density at radius 1 is 1.13 bits per heavy atom. The van der Waals surface area contributed by atoms with E-state index in [4.69, 9.17) is 4.98 Å². The van der Waals surface area contributed by atoms with Crippen LogP contribution in [0.25, 0.3) is 5.57 Å². The molecule has 1 aromatic carbocycles. The Hall–Kier alpha value is -2.80. The van der Waals surface area contributed by atoms with E-state index in [9.17, 15) is 14.7 Å². The second-order valence-electron chi connectivity index (χ2n) is 10.9. The van der Waals surface area contributed by atoms with E-state index in [-0.39, 0.29) is 11.2 Å². The zero-order valence-corrected chi connectivity index (χ0v) is 25.8. The molecule has 2 aromatic rings. The zero-order valence-electron chi connectivity index (χ0n) is 25.0. The van der Waals surface area contributed by atoms with Crippen molar-refractivity contribution in [1.82, 2.24) is 9.55 Å². The molecule has 0 fully saturated rings. The molecule has 0 aliphatic carbocycles. The summed E-state index contributed by atoms with van der Waals surface area (Å²) in [4.78, 5) is 29.7. The molecule has 0 spiro atoms. The number of imidazole rings is 1. The third-order valence-electron chi connectivity index (χ3n) is 6.88. The Morgan fingerprint density at radius 3 is 2.36 bits per heavy atom. The zero-order chi connectivity index (χ0) is 29.2. The van der Waals surface area contributed by atoms with Crippen LogP contribution in [0.1, 0.15) is 114 Å². The molecule has 0 saturated heterocycles. The van der Waals surface area contributed by atoms with Crippen LogP contribution in [0.15, 0.2) is 42.5 Å². The van der Waals surface area contributed by atoms with Crippen molar-refractivity contribution in [3.63, 3.8) is 0 Å². The molecule has 0 radical (unpaired) electrons. The molecule has 1 amide bonds. The molecule has 214 valence electrons. The molecule has 0 bridgehead atoms. The average molecular weight is 554 g/mol. The summed E-state index contributed by atoms with van der Waals surface area (Å²) in [7, 11) is 0. The van der Waals surface area contributed by atoms with Crippen LogP contribution in [0.3, 0.4) is 0 Å². The summed E-state index contributed by atoms with van der Waals surface area (Å²) in [6.45, 7) is 16.7. The maximum atomic E-state index is 13.3. The van der Waals surface area contributed by atoms with Crippen molar-refractivity contribution in [1.29, 1.82) is 0 Å². The van der Waals surface area contributed by atoms with Crippen LogP contribution in [-0.4, -0.2) is 36.5 Å². The number of thioether (sulfide) groups is 1. The molecule has 7 heteroatoms. The largest absolute Gasteiger partial charge is 0.480 e. The number of aromatic nitrogens is 2. The van der Waals surface area contributed by atoms with E-state index in [1.165, 1.54) is 30.2 Å². The minimum atomic E-state index is -0.851. The molecule has 1 aromatic heterocycles. The number of anilines is 1. The Morgan fingerprint density at radius 2 is 1.79 bits per heavy atom. The van der Waals surface area contributed by atoms with E-state index < -0.39 is 10.7 Å². The molecule has 0 saturated carbocycles. The number of carbonyl (C=O) groups is 2. The van der Waals surface area contributed by atoms with Gasteiger partial charge in [-0.25, -0.2) is 4.98 Å². The summed E-state index contributed by atoms with van der Waals surface area (Å²) in [6.07, 6.45) is 11.3. The number of carboxylic acids is 1. The van der Waals surface area contributed by atoms with Gasteiger partial charge in [0, 0.05) is 23.2 Å². The average Bonchev–Trinajstić information content (AvgIpc) is 3.20. The third kappa shape index (κ3) is 9.41. The van der Waals surface area contributed by atoms with Gasteiger partial charge in [0.15, 0.2) is 0 Å². The fourth-order valence-corrected chi connectivity index (χ4v) is 5.61. The van der Waals surface area contributed by atoms with Crippen LogP contribution in [0, 0.1) is 6.92 Å². The smallest absolute Gasteiger partial charge is 0.319 e. The Bertz CT molecular complexity index is 1160. The van der Waals surface area contributed by atoms with Crippen molar-refractivity contribution < 1.29 is 14.7 Å². The Labute approximate surface area is 239 Å². The number of aliphatic carboxylic acids is 1. The summed E-state index contributed by atoms with van der Waals surface area (Å²) >= 11 is 1.42. The van der Waals surface area contributed by atoms with Gasteiger partial charge in [0.1, 0.15) is 16.3 Å². The molecule has 2 N–H and O–H groups in total. The normalized spacial score (nSPS) is 13.3. The fourth-order valence-electron chi connectivity index (χ4n) is 4.39. The van der Waals surface area contributed by atoms with Gasteiger partial charge < -0.3 is 15.0 Å². The SMILES string of the molecule is C/C=C(\C/C=C\C(C)SC(C)(C)C(=O)O)c1nc(C(=O)Nc2ccc(C(C)C)cc2)c(C)n1CCCCCC. The summed E-state index contributed by atoms with van der Waals surface area (Å²) in [5.41, 5.74) is 4.35. The number of nitrogens with one attached hydrogen (secondary N) is 1. The van der Waals surface area contributed by atoms with Gasteiger partial charge in [-0.15, -0.1) is 11.8 Å². The van der Waals surface area contributed by atoms with E-state index >= 15 is 0 Å². The van der Waals surface area contributed by atoms with Crippen molar-refractivity contribution in [3.05, 3.63) is 65.3 Å². The molecule has 1 heterocycles. The third-order valence-corrected chi connectivity index (χ3v) is 8.18. The number of hydrogen-bond donors (Lipinski definition) is 2. The van der Waals surface area contributed by atoms with Crippen molar-refractivity contribution in [2.75, 3.05) is 5.32 Å². The number of nitrogens with zero attached hydrogens (tertiary/aromatic N) is 2. The maximum Gasteiger partial charge on any atom is 0.319 e. The van der Waals surface area contributed by atoms with Gasteiger partial charge in [0.05, 0.1) is 0 Å². The number of carboxylic acid groups (broad SMARTS) is 1. The van der Waals surface area contributed by atoms with Crippen molar-refractivity contribution in [3.8, 4) is 0 Å². The van der Waals surface area contributed by atoms with Crippen molar-refractivity contribution >= 4 is 34.9 Å². The summed E-state index contributed by atoms with van der Waals surface area (Å²) < 4.78 is 1.33. The highest BCUT2D eigenvalue weighted by Gasteiger charge is 2.29. The lowest BCUT2D eigenvalue weighted by Crippen LogP contribution is -2.29. The highest BCUT2D eigenvalue weighted by atomic mass is 32.2. The summed E-state index contributed by atoms with van der Waals surface area (Å²) in [5.74, 6) is 0.235. The number of rotatable bonds is 15. The van der Waals surface area contributed by atoms with E-state index in [1.807, 2.05) is 45.0 Å². The van der Waals surface area contributed by atoms with Gasteiger partial charge in [-0.05, 0) is 76.6 Å². The van der Waals surface area contributed by atoms with E-state index in [2.05, 4.69) is 48.9 Å². The van der Waals surface area contributed by atoms with Gasteiger partial charge in [-0.2, -0.15) is 0 Å². The highest BCUT2D eigenvalue weighted by molar-refractivity contribution is 8.02. The van der Waals surface area contributed by atoms with Crippen LogP contribution in [0.5, 0.6) is 0 Å². The fraction of sp³-hybridized carbons (Fsp3) is 0.531. The molecule has 6 nitrogen and oxygen atoms in total. The molecular formula is C32H47N3O3S. The van der Waals surface area contributed by atoms with Gasteiger partial charge in [0.2, 0.25) is 0 Å². The molecule has 0 aliphatic heterocycles. The number of carbonyl (C=O) groups excluding carboxylic acids is 1. The quantitative estimate of drug-likeness (QED) is 0.171. The van der Waals surface area contributed by atoms with E-state index in [0.717, 1.165) is 42.2 Å².